The van der Waals surface area contributed by atoms with E-state index in [1.165, 1.54) is 5.56 Å². The van der Waals surface area contributed by atoms with E-state index >= 15 is 0 Å². The summed E-state index contributed by atoms with van der Waals surface area (Å²) in [6, 6.07) is 7.82. The van der Waals surface area contributed by atoms with Crippen LogP contribution >= 0.6 is 0 Å². The fraction of sp³-hybridized carbons (Fsp3) is 0.500. The van der Waals surface area contributed by atoms with Crippen molar-refractivity contribution < 1.29 is 4.42 Å². The molecular weight excluding hydrogens is 276 g/mol. The van der Waals surface area contributed by atoms with Gasteiger partial charge in [0, 0.05) is 31.1 Å². The van der Waals surface area contributed by atoms with Gasteiger partial charge in [0.15, 0.2) is 0 Å². The van der Waals surface area contributed by atoms with E-state index in [1.807, 2.05) is 12.1 Å². The standard InChI is InChI=1S/C18H22N2O2/c1-2-12-3-4-17-16(5-12)13(6-18(21)22-17)9-20-10-14-7-19-8-15(14)11-20/h3-6,14-15,19H,2,7-11H2,1H3/t14-,15+. The highest BCUT2D eigenvalue weighted by Gasteiger charge is 2.35. The first-order valence-electron chi connectivity index (χ1n) is 8.21. The lowest BCUT2D eigenvalue weighted by Crippen LogP contribution is -2.25. The van der Waals surface area contributed by atoms with Gasteiger partial charge in [-0.25, -0.2) is 4.79 Å². The van der Waals surface area contributed by atoms with E-state index in [1.54, 1.807) is 6.07 Å². The second kappa shape index (κ2) is 5.52. The van der Waals surface area contributed by atoms with Gasteiger partial charge in [-0.1, -0.05) is 13.0 Å². The summed E-state index contributed by atoms with van der Waals surface area (Å²) in [6.45, 7) is 7.54. The summed E-state index contributed by atoms with van der Waals surface area (Å²) in [4.78, 5) is 14.3. The number of hydrogen-bond donors (Lipinski definition) is 1. The highest BCUT2D eigenvalue weighted by molar-refractivity contribution is 5.80. The van der Waals surface area contributed by atoms with Crippen LogP contribution in [0.1, 0.15) is 18.1 Å². The highest BCUT2D eigenvalue weighted by atomic mass is 16.4. The second-order valence-corrected chi connectivity index (χ2v) is 6.65. The Bertz CT molecular complexity index is 740. The summed E-state index contributed by atoms with van der Waals surface area (Å²) in [5.41, 5.74) is 2.85. The van der Waals surface area contributed by atoms with Gasteiger partial charge in [0.2, 0.25) is 0 Å². The van der Waals surface area contributed by atoms with E-state index in [0.29, 0.717) is 5.58 Å². The molecule has 2 aliphatic heterocycles. The van der Waals surface area contributed by atoms with E-state index in [-0.39, 0.29) is 5.63 Å². The summed E-state index contributed by atoms with van der Waals surface area (Å²) in [5.74, 6) is 1.55. The number of nitrogens with zero attached hydrogens (tertiary/aromatic N) is 1. The maximum Gasteiger partial charge on any atom is 0.336 e. The Kier molecular flexibility index (Phi) is 3.51. The Morgan fingerprint density at radius 2 is 2.00 bits per heavy atom. The van der Waals surface area contributed by atoms with Crippen LogP contribution in [-0.2, 0) is 13.0 Å². The van der Waals surface area contributed by atoms with Crippen LogP contribution < -0.4 is 10.9 Å². The quantitative estimate of drug-likeness (QED) is 0.881. The fourth-order valence-electron chi connectivity index (χ4n) is 3.95. The van der Waals surface area contributed by atoms with Crippen LogP contribution in [0.25, 0.3) is 11.0 Å². The highest BCUT2D eigenvalue weighted by Crippen LogP contribution is 2.29. The summed E-state index contributed by atoms with van der Waals surface area (Å²) in [5, 5.41) is 4.56. The van der Waals surface area contributed by atoms with Gasteiger partial charge < -0.3 is 9.73 Å². The van der Waals surface area contributed by atoms with E-state index in [0.717, 1.165) is 61.9 Å². The first-order chi connectivity index (χ1) is 10.7. The molecule has 2 aromatic rings. The zero-order chi connectivity index (χ0) is 15.1. The molecule has 0 radical (unpaired) electrons. The van der Waals surface area contributed by atoms with E-state index in [4.69, 9.17) is 4.42 Å². The molecule has 1 aromatic heterocycles. The van der Waals surface area contributed by atoms with Crippen molar-refractivity contribution in [3.8, 4) is 0 Å². The number of likely N-dealkylation sites (tertiary alicyclic amines) is 1. The van der Waals surface area contributed by atoms with Crippen molar-refractivity contribution in [3.05, 3.63) is 45.8 Å². The molecular formula is C18H22N2O2. The number of rotatable bonds is 3. The van der Waals surface area contributed by atoms with E-state index in [9.17, 15) is 4.79 Å². The van der Waals surface area contributed by atoms with Gasteiger partial charge in [-0.15, -0.1) is 0 Å². The van der Waals surface area contributed by atoms with Gasteiger partial charge in [-0.2, -0.15) is 0 Å². The molecule has 1 N–H and O–H groups in total. The van der Waals surface area contributed by atoms with Crippen LogP contribution in [0.5, 0.6) is 0 Å². The molecule has 0 unspecified atom stereocenters. The third-order valence-corrected chi connectivity index (χ3v) is 5.16. The lowest BCUT2D eigenvalue weighted by Gasteiger charge is -2.18. The molecule has 1 aromatic carbocycles. The molecule has 116 valence electrons. The summed E-state index contributed by atoms with van der Waals surface area (Å²) in [7, 11) is 0. The van der Waals surface area contributed by atoms with Gasteiger partial charge >= 0.3 is 5.63 Å². The first-order valence-corrected chi connectivity index (χ1v) is 8.21. The van der Waals surface area contributed by atoms with E-state index < -0.39 is 0 Å². The molecule has 0 aliphatic carbocycles. The molecule has 22 heavy (non-hydrogen) atoms. The SMILES string of the molecule is CCc1ccc2oc(=O)cc(CN3C[C@H]4CNC[C@H]4C3)c2c1. The van der Waals surface area contributed by atoms with Crippen LogP contribution in [-0.4, -0.2) is 31.1 Å². The van der Waals surface area contributed by atoms with Crippen LogP contribution in [0.2, 0.25) is 0 Å². The van der Waals surface area contributed by atoms with Gasteiger partial charge in [0.05, 0.1) is 0 Å². The van der Waals surface area contributed by atoms with Crippen molar-refractivity contribution in [2.45, 2.75) is 19.9 Å². The lowest BCUT2D eigenvalue weighted by molar-refractivity contribution is 0.306. The summed E-state index contributed by atoms with van der Waals surface area (Å²) < 4.78 is 5.36. The zero-order valence-electron chi connectivity index (χ0n) is 13.0. The topological polar surface area (TPSA) is 45.5 Å². The summed E-state index contributed by atoms with van der Waals surface area (Å²) in [6.07, 6.45) is 0.994. The van der Waals surface area contributed by atoms with Crippen molar-refractivity contribution in [2.24, 2.45) is 11.8 Å². The third kappa shape index (κ3) is 2.46. The minimum absolute atomic E-state index is 0.243. The maximum absolute atomic E-state index is 11.8. The zero-order valence-corrected chi connectivity index (χ0v) is 13.0. The minimum Gasteiger partial charge on any atom is -0.423 e. The van der Waals surface area contributed by atoms with E-state index in [2.05, 4.69) is 23.2 Å². The molecule has 4 nitrogen and oxygen atoms in total. The van der Waals surface area contributed by atoms with Crippen LogP contribution in [0.4, 0.5) is 0 Å². The average Bonchev–Trinajstić information content (AvgIpc) is 3.08. The molecule has 4 rings (SSSR count). The Morgan fingerprint density at radius 1 is 1.23 bits per heavy atom. The largest absolute Gasteiger partial charge is 0.423 e. The van der Waals surface area contributed by atoms with Crippen LogP contribution in [0.3, 0.4) is 0 Å². The molecule has 3 heterocycles. The number of hydrogen-bond acceptors (Lipinski definition) is 4. The lowest BCUT2D eigenvalue weighted by atomic mass is 10.0. The molecule has 2 aliphatic rings. The molecule has 0 spiro atoms. The maximum atomic E-state index is 11.8. The Morgan fingerprint density at radius 3 is 2.73 bits per heavy atom. The van der Waals surface area contributed by atoms with Crippen molar-refractivity contribution in [1.82, 2.24) is 10.2 Å². The molecule has 0 saturated carbocycles. The molecule has 2 fully saturated rings. The molecule has 0 bridgehead atoms. The average molecular weight is 298 g/mol. The van der Waals surface area contributed by atoms with Crippen molar-refractivity contribution >= 4 is 11.0 Å². The van der Waals surface area contributed by atoms with Gasteiger partial charge in [0.25, 0.3) is 0 Å². The number of benzene rings is 1. The van der Waals surface area contributed by atoms with Crippen molar-refractivity contribution in [1.29, 1.82) is 0 Å². The predicted molar refractivity (Wildman–Crippen MR) is 87.0 cm³/mol. The Balaban J connectivity index is 1.67. The summed E-state index contributed by atoms with van der Waals surface area (Å²) >= 11 is 0. The van der Waals surface area contributed by atoms with Crippen LogP contribution in [0, 0.1) is 11.8 Å². The Hall–Kier alpha value is -1.65. The molecule has 0 amide bonds. The minimum atomic E-state index is -0.243. The van der Waals surface area contributed by atoms with Crippen molar-refractivity contribution in [2.75, 3.05) is 26.2 Å². The second-order valence-electron chi connectivity index (χ2n) is 6.65. The van der Waals surface area contributed by atoms with Crippen molar-refractivity contribution in [3.63, 3.8) is 0 Å². The normalized spacial score (nSPS) is 25.0. The number of nitrogens with one attached hydrogen (secondary N) is 1. The Labute approximate surface area is 130 Å². The molecule has 2 atom stereocenters. The third-order valence-electron chi connectivity index (χ3n) is 5.16. The van der Waals surface area contributed by atoms with Gasteiger partial charge in [0.1, 0.15) is 5.58 Å². The monoisotopic (exact) mass is 298 g/mol. The number of aryl methyl sites for hydroxylation is 1. The van der Waals surface area contributed by atoms with Crippen LogP contribution in [0.15, 0.2) is 33.5 Å². The van der Waals surface area contributed by atoms with Gasteiger partial charge in [-0.05, 0) is 54.6 Å². The smallest absolute Gasteiger partial charge is 0.336 e. The first kappa shape index (κ1) is 14.0. The number of fused-ring (bicyclic) bond motifs is 2. The fourth-order valence-corrected chi connectivity index (χ4v) is 3.95. The molecule has 4 heteroatoms. The predicted octanol–water partition coefficient (Wildman–Crippen LogP) is 2.01. The molecule has 2 saturated heterocycles. The van der Waals surface area contributed by atoms with Gasteiger partial charge in [-0.3, -0.25) is 4.90 Å².